The highest BCUT2D eigenvalue weighted by molar-refractivity contribution is 7.92. The van der Waals surface area contributed by atoms with Crippen LogP contribution in [0.4, 0.5) is 5.69 Å². The van der Waals surface area contributed by atoms with Crippen molar-refractivity contribution >= 4 is 38.9 Å². The number of nitrogens with one attached hydrogen (secondary N) is 1. The zero-order valence-corrected chi connectivity index (χ0v) is 12.4. The Labute approximate surface area is 120 Å². The Kier molecular flexibility index (Phi) is 3.71. The Morgan fingerprint density at radius 1 is 1.37 bits per heavy atom. The first-order chi connectivity index (χ1) is 8.81. The van der Waals surface area contributed by atoms with Crippen molar-refractivity contribution in [2.45, 2.75) is 11.9 Å². The van der Waals surface area contributed by atoms with E-state index in [-0.39, 0.29) is 21.0 Å². The second-order valence-corrected chi connectivity index (χ2v) is 6.20. The molecule has 2 aromatic rings. The summed E-state index contributed by atoms with van der Waals surface area (Å²) in [7, 11) is -2.24. The fourth-order valence-corrected chi connectivity index (χ4v) is 3.43. The summed E-state index contributed by atoms with van der Waals surface area (Å²) in [5.41, 5.74) is 0.781. The number of nitrogens with zero attached hydrogens (tertiary/aromatic N) is 3. The van der Waals surface area contributed by atoms with Crippen LogP contribution >= 0.6 is 23.2 Å². The molecule has 6 nitrogen and oxygen atoms in total. The molecule has 0 aliphatic heterocycles. The smallest absolute Gasteiger partial charge is 0.275 e. The molecule has 0 fully saturated rings. The fourth-order valence-electron chi connectivity index (χ4n) is 1.53. The van der Waals surface area contributed by atoms with Crippen molar-refractivity contribution in [1.82, 2.24) is 14.8 Å². The second-order valence-electron chi connectivity index (χ2n) is 3.83. The molecular formula is C10H10Cl2N4O2S. The van der Waals surface area contributed by atoms with E-state index in [1.807, 2.05) is 0 Å². The monoisotopic (exact) mass is 320 g/mol. The van der Waals surface area contributed by atoms with Gasteiger partial charge in [0, 0.05) is 7.05 Å². The van der Waals surface area contributed by atoms with Crippen molar-refractivity contribution in [2.24, 2.45) is 7.05 Å². The molecule has 102 valence electrons. The van der Waals surface area contributed by atoms with Gasteiger partial charge in [-0.05, 0) is 24.6 Å². The maximum atomic E-state index is 12.2. The van der Waals surface area contributed by atoms with Gasteiger partial charge in [0.2, 0.25) is 0 Å². The third kappa shape index (κ3) is 2.83. The van der Waals surface area contributed by atoms with Gasteiger partial charge in [-0.2, -0.15) is 13.5 Å². The molecule has 19 heavy (non-hydrogen) atoms. The van der Waals surface area contributed by atoms with Gasteiger partial charge in [0.25, 0.3) is 10.0 Å². The lowest BCUT2D eigenvalue weighted by atomic mass is 10.3. The van der Waals surface area contributed by atoms with Crippen molar-refractivity contribution in [3.63, 3.8) is 0 Å². The maximum absolute atomic E-state index is 12.2. The first kappa shape index (κ1) is 14.1. The van der Waals surface area contributed by atoms with Crippen LogP contribution < -0.4 is 4.72 Å². The van der Waals surface area contributed by atoms with E-state index >= 15 is 0 Å². The predicted octanol–water partition coefficient (Wildman–Crippen LogP) is 2.23. The van der Waals surface area contributed by atoms with E-state index in [0.717, 1.165) is 0 Å². The van der Waals surface area contributed by atoms with E-state index in [1.54, 1.807) is 6.92 Å². The Morgan fingerprint density at radius 2 is 2.05 bits per heavy atom. The predicted molar refractivity (Wildman–Crippen MR) is 73.0 cm³/mol. The number of pyridine rings is 1. The first-order valence-electron chi connectivity index (χ1n) is 5.15. The number of sulfonamides is 1. The normalized spacial score (nSPS) is 11.6. The highest BCUT2D eigenvalue weighted by atomic mass is 35.5. The Hall–Kier alpha value is -1.31. The number of aromatic nitrogens is 3. The zero-order valence-electron chi connectivity index (χ0n) is 10.1. The molecule has 0 bridgehead atoms. The van der Waals surface area contributed by atoms with Crippen molar-refractivity contribution < 1.29 is 8.42 Å². The molecule has 1 N–H and O–H groups in total. The molecule has 0 atom stereocenters. The molecule has 2 aromatic heterocycles. The summed E-state index contributed by atoms with van der Waals surface area (Å²) in [5, 5.41) is 4.03. The summed E-state index contributed by atoms with van der Waals surface area (Å²) < 4.78 is 28.0. The van der Waals surface area contributed by atoms with E-state index in [1.165, 1.54) is 30.1 Å². The molecule has 2 rings (SSSR count). The second kappa shape index (κ2) is 4.99. The van der Waals surface area contributed by atoms with Crippen LogP contribution in [0.3, 0.4) is 0 Å². The van der Waals surface area contributed by atoms with Gasteiger partial charge < -0.3 is 0 Å². The molecule has 0 aliphatic rings. The third-order valence-corrected chi connectivity index (χ3v) is 4.32. The largest absolute Gasteiger partial charge is 0.279 e. The van der Waals surface area contributed by atoms with Crippen LogP contribution in [0.25, 0.3) is 0 Å². The maximum Gasteiger partial charge on any atom is 0.279 e. The SMILES string of the molecule is Cc1cc(Cl)nc(Cl)c1NS(=O)(=O)c1ccnn1C. The summed E-state index contributed by atoms with van der Waals surface area (Å²) in [5.74, 6) is 0. The van der Waals surface area contributed by atoms with Crippen LogP contribution in [0.1, 0.15) is 5.56 Å². The van der Waals surface area contributed by atoms with Crippen LogP contribution in [0, 0.1) is 6.92 Å². The van der Waals surface area contributed by atoms with E-state index in [0.29, 0.717) is 5.56 Å². The fraction of sp³-hybridized carbons (Fsp3) is 0.200. The third-order valence-electron chi connectivity index (χ3n) is 2.43. The molecule has 0 radical (unpaired) electrons. The number of anilines is 1. The quantitative estimate of drug-likeness (QED) is 0.880. The highest BCUT2D eigenvalue weighted by Gasteiger charge is 2.21. The summed E-state index contributed by atoms with van der Waals surface area (Å²) in [4.78, 5) is 3.80. The summed E-state index contributed by atoms with van der Waals surface area (Å²) in [6, 6.07) is 2.91. The summed E-state index contributed by atoms with van der Waals surface area (Å²) in [6.45, 7) is 1.68. The zero-order chi connectivity index (χ0) is 14.2. The minimum absolute atomic E-state index is 0.00394. The van der Waals surface area contributed by atoms with Gasteiger partial charge >= 0.3 is 0 Å². The average Bonchev–Trinajstić information content (AvgIpc) is 2.70. The molecule has 0 aromatic carbocycles. The van der Waals surface area contributed by atoms with E-state index in [2.05, 4.69) is 14.8 Å². The molecule has 0 unspecified atom stereocenters. The molecule has 0 amide bonds. The van der Waals surface area contributed by atoms with Gasteiger partial charge in [-0.3, -0.25) is 9.40 Å². The van der Waals surface area contributed by atoms with Crippen LogP contribution in [0.15, 0.2) is 23.4 Å². The molecular weight excluding hydrogens is 311 g/mol. The minimum atomic E-state index is -3.78. The molecule has 9 heteroatoms. The molecule has 0 spiro atoms. The van der Waals surface area contributed by atoms with Gasteiger partial charge in [0.05, 0.1) is 11.9 Å². The summed E-state index contributed by atoms with van der Waals surface area (Å²) >= 11 is 11.6. The van der Waals surface area contributed by atoms with Gasteiger partial charge in [-0.15, -0.1) is 0 Å². The van der Waals surface area contributed by atoms with E-state index in [4.69, 9.17) is 23.2 Å². The summed E-state index contributed by atoms with van der Waals surface area (Å²) in [6.07, 6.45) is 1.39. The number of hydrogen-bond acceptors (Lipinski definition) is 4. The lowest BCUT2D eigenvalue weighted by Gasteiger charge is -2.11. The lowest BCUT2D eigenvalue weighted by molar-refractivity contribution is 0.582. The molecule has 0 aliphatic carbocycles. The number of aryl methyl sites for hydroxylation is 2. The van der Waals surface area contributed by atoms with Crippen LogP contribution in [-0.2, 0) is 17.1 Å². The minimum Gasteiger partial charge on any atom is -0.275 e. The van der Waals surface area contributed by atoms with Gasteiger partial charge in [0.15, 0.2) is 10.2 Å². The van der Waals surface area contributed by atoms with Crippen molar-refractivity contribution in [3.8, 4) is 0 Å². The number of rotatable bonds is 3. The van der Waals surface area contributed by atoms with Crippen molar-refractivity contribution in [2.75, 3.05) is 4.72 Å². The number of hydrogen-bond donors (Lipinski definition) is 1. The Morgan fingerprint density at radius 3 is 2.58 bits per heavy atom. The van der Waals surface area contributed by atoms with Gasteiger partial charge in [-0.1, -0.05) is 23.2 Å². The van der Waals surface area contributed by atoms with Crippen LogP contribution in [0.5, 0.6) is 0 Å². The van der Waals surface area contributed by atoms with Crippen molar-refractivity contribution in [3.05, 3.63) is 34.2 Å². The Balaban J connectivity index is 2.45. The molecule has 2 heterocycles. The molecule has 0 saturated carbocycles. The van der Waals surface area contributed by atoms with Crippen molar-refractivity contribution in [1.29, 1.82) is 0 Å². The van der Waals surface area contributed by atoms with E-state index < -0.39 is 10.0 Å². The van der Waals surface area contributed by atoms with Crippen LogP contribution in [-0.4, -0.2) is 23.2 Å². The van der Waals surface area contributed by atoms with E-state index in [9.17, 15) is 8.42 Å². The van der Waals surface area contributed by atoms with Gasteiger partial charge in [0.1, 0.15) is 5.15 Å². The molecule has 0 saturated heterocycles. The van der Waals surface area contributed by atoms with Crippen LogP contribution in [0.2, 0.25) is 10.3 Å². The lowest BCUT2D eigenvalue weighted by Crippen LogP contribution is -2.17. The average molecular weight is 321 g/mol. The standard InChI is InChI=1S/C10H10Cl2N4O2S/c1-6-5-7(11)14-10(12)9(6)15-19(17,18)8-3-4-13-16(8)2/h3-5,15H,1-2H3. The number of halogens is 2. The topological polar surface area (TPSA) is 76.9 Å². The highest BCUT2D eigenvalue weighted by Crippen LogP contribution is 2.28. The first-order valence-corrected chi connectivity index (χ1v) is 7.38. The van der Waals surface area contributed by atoms with Gasteiger partial charge in [-0.25, -0.2) is 4.98 Å². The Bertz CT molecular complexity index is 704.